The highest BCUT2D eigenvalue weighted by Crippen LogP contribution is 2.12. The number of amides is 1. The van der Waals surface area contributed by atoms with E-state index in [0.29, 0.717) is 13.0 Å². The molecule has 1 aliphatic heterocycles. The van der Waals surface area contributed by atoms with Crippen molar-refractivity contribution >= 4 is 5.91 Å². The smallest absolute Gasteiger partial charge is 0.241 e. The van der Waals surface area contributed by atoms with Crippen LogP contribution < -0.4 is 10.6 Å². The molecule has 1 aliphatic rings. The molecular formula is C10H15N3O. The van der Waals surface area contributed by atoms with Crippen molar-refractivity contribution in [2.75, 3.05) is 6.54 Å². The third-order valence-corrected chi connectivity index (χ3v) is 2.38. The standard InChI is InChI=1S/C10H15N3O/c1-3-7(2)13-10(14)9-4-8(5-11)6-12-9/h3,8-9,12H,4,6H2,1-2H3,(H,13,14). The van der Waals surface area contributed by atoms with Crippen LogP contribution in [0.2, 0.25) is 0 Å². The minimum absolute atomic E-state index is 0.0309. The van der Waals surface area contributed by atoms with Gasteiger partial charge in [0.2, 0.25) is 5.91 Å². The quantitative estimate of drug-likeness (QED) is 0.672. The molecule has 1 rings (SSSR count). The first kappa shape index (κ1) is 10.7. The van der Waals surface area contributed by atoms with Gasteiger partial charge in [-0.3, -0.25) is 4.79 Å². The van der Waals surface area contributed by atoms with Gasteiger partial charge in [0.1, 0.15) is 0 Å². The number of rotatable bonds is 2. The maximum Gasteiger partial charge on any atom is 0.241 e. The average Bonchev–Trinajstić information content (AvgIpc) is 2.65. The van der Waals surface area contributed by atoms with Gasteiger partial charge in [-0.2, -0.15) is 5.26 Å². The second-order valence-corrected chi connectivity index (χ2v) is 3.48. The molecule has 1 amide bonds. The van der Waals surface area contributed by atoms with Gasteiger partial charge in [-0.15, -0.1) is 0 Å². The Morgan fingerprint density at radius 2 is 2.43 bits per heavy atom. The summed E-state index contributed by atoms with van der Waals surface area (Å²) < 4.78 is 0. The van der Waals surface area contributed by atoms with E-state index in [4.69, 9.17) is 5.26 Å². The fourth-order valence-electron chi connectivity index (χ4n) is 1.39. The van der Waals surface area contributed by atoms with Crippen LogP contribution in [-0.4, -0.2) is 18.5 Å². The summed E-state index contributed by atoms with van der Waals surface area (Å²) in [5.74, 6) is -0.0741. The molecule has 0 aromatic heterocycles. The highest BCUT2D eigenvalue weighted by molar-refractivity contribution is 5.83. The zero-order valence-electron chi connectivity index (χ0n) is 8.50. The van der Waals surface area contributed by atoms with E-state index in [-0.39, 0.29) is 17.9 Å². The molecule has 1 fully saturated rings. The molecule has 0 radical (unpaired) electrons. The van der Waals surface area contributed by atoms with Crippen LogP contribution >= 0.6 is 0 Å². The van der Waals surface area contributed by atoms with Crippen molar-refractivity contribution in [3.05, 3.63) is 11.8 Å². The van der Waals surface area contributed by atoms with Gasteiger partial charge < -0.3 is 10.6 Å². The first-order valence-electron chi connectivity index (χ1n) is 4.74. The predicted octanol–water partition coefficient (Wildman–Crippen LogP) is 0.528. The van der Waals surface area contributed by atoms with E-state index < -0.39 is 0 Å². The number of nitriles is 1. The summed E-state index contributed by atoms with van der Waals surface area (Å²) in [6, 6.07) is 1.95. The van der Waals surface area contributed by atoms with Crippen molar-refractivity contribution in [2.24, 2.45) is 5.92 Å². The lowest BCUT2D eigenvalue weighted by atomic mass is 10.1. The van der Waals surface area contributed by atoms with Crippen molar-refractivity contribution in [1.29, 1.82) is 5.26 Å². The van der Waals surface area contributed by atoms with Crippen molar-refractivity contribution in [2.45, 2.75) is 26.3 Å². The topological polar surface area (TPSA) is 64.9 Å². The van der Waals surface area contributed by atoms with E-state index in [1.54, 1.807) is 0 Å². The molecule has 2 atom stereocenters. The fraction of sp³-hybridized carbons (Fsp3) is 0.600. The summed E-state index contributed by atoms with van der Waals surface area (Å²) in [6.07, 6.45) is 2.45. The normalized spacial score (nSPS) is 27.1. The van der Waals surface area contributed by atoms with Crippen LogP contribution in [0.5, 0.6) is 0 Å². The summed E-state index contributed by atoms with van der Waals surface area (Å²) in [5.41, 5.74) is 0.845. The Morgan fingerprint density at radius 3 is 2.93 bits per heavy atom. The molecule has 0 spiro atoms. The molecule has 2 unspecified atom stereocenters. The largest absolute Gasteiger partial charge is 0.329 e. The molecule has 4 nitrogen and oxygen atoms in total. The van der Waals surface area contributed by atoms with Gasteiger partial charge in [-0.1, -0.05) is 6.08 Å². The van der Waals surface area contributed by atoms with Crippen LogP contribution in [-0.2, 0) is 4.79 Å². The number of hydrogen-bond donors (Lipinski definition) is 2. The lowest BCUT2D eigenvalue weighted by molar-refractivity contribution is -0.122. The lowest BCUT2D eigenvalue weighted by Gasteiger charge is -2.10. The molecule has 0 bridgehead atoms. The van der Waals surface area contributed by atoms with Gasteiger partial charge in [0.05, 0.1) is 18.0 Å². The zero-order valence-corrected chi connectivity index (χ0v) is 8.50. The van der Waals surface area contributed by atoms with E-state index in [1.807, 2.05) is 19.9 Å². The van der Waals surface area contributed by atoms with Crippen molar-refractivity contribution < 1.29 is 4.79 Å². The van der Waals surface area contributed by atoms with Crippen LogP contribution in [0.1, 0.15) is 20.3 Å². The maximum atomic E-state index is 11.6. The van der Waals surface area contributed by atoms with Gasteiger partial charge in [0, 0.05) is 12.2 Å². The van der Waals surface area contributed by atoms with Crippen molar-refractivity contribution in [3.8, 4) is 6.07 Å². The van der Waals surface area contributed by atoms with E-state index in [2.05, 4.69) is 16.7 Å². The Morgan fingerprint density at radius 1 is 1.71 bits per heavy atom. The van der Waals surface area contributed by atoms with Gasteiger partial charge in [0.15, 0.2) is 0 Å². The molecule has 14 heavy (non-hydrogen) atoms. The minimum Gasteiger partial charge on any atom is -0.329 e. The molecular weight excluding hydrogens is 178 g/mol. The SMILES string of the molecule is CC=C(C)NC(=O)C1CC(C#N)CN1. The number of carbonyl (C=O) groups excluding carboxylic acids is 1. The Balaban J connectivity index is 2.44. The second-order valence-electron chi connectivity index (χ2n) is 3.48. The first-order chi connectivity index (χ1) is 6.67. The van der Waals surface area contributed by atoms with E-state index in [9.17, 15) is 4.79 Å². The van der Waals surface area contributed by atoms with E-state index in [0.717, 1.165) is 5.70 Å². The molecule has 1 heterocycles. The van der Waals surface area contributed by atoms with Gasteiger partial charge in [-0.25, -0.2) is 0 Å². The highest BCUT2D eigenvalue weighted by atomic mass is 16.2. The van der Waals surface area contributed by atoms with Gasteiger partial charge in [0.25, 0.3) is 0 Å². The van der Waals surface area contributed by atoms with Crippen LogP contribution in [0, 0.1) is 17.2 Å². The molecule has 0 aromatic carbocycles. The molecule has 76 valence electrons. The van der Waals surface area contributed by atoms with E-state index >= 15 is 0 Å². The van der Waals surface area contributed by atoms with Crippen molar-refractivity contribution in [1.82, 2.24) is 10.6 Å². The fourth-order valence-corrected chi connectivity index (χ4v) is 1.39. The molecule has 2 N–H and O–H groups in total. The Bertz CT molecular complexity index is 290. The summed E-state index contributed by atoms with van der Waals surface area (Å²) in [6.45, 7) is 4.33. The Labute approximate surface area is 84.0 Å². The predicted molar refractivity (Wildman–Crippen MR) is 53.1 cm³/mol. The zero-order chi connectivity index (χ0) is 10.6. The monoisotopic (exact) mass is 193 g/mol. The maximum absolute atomic E-state index is 11.6. The second kappa shape index (κ2) is 4.77. The number of carbonyl (C=O) groups is 1. The van der Waals surface area contributed by atoms with Gasteiger partial charge >= 0.3 is 0 Å². The van der Waals surface area contributed by atoms with E-state index in [1.165, 1.54) is 0 Å². The summed E-state index contributed by atoms with van der Waals surface area (Å²) in [5, 5.41) is 14.5. The Kier molecular flexibility index (Phi) is 3.66. The van der Waals surface area contributed by atoms with Crippen molar-refractivity contribution in [3.63, 3.8) is 0 Å². The summed E-state index contributed by atoms with van der Waals surface area (Å²) in [7, 11) is 0. The number of nitrogens with zero attached hydrogens (tertiary/aromatic N) is 1. The summed E-state index contributed by atoms with van der Waals surface area (Å²) >= 11 is 0. The molecule has 0 aromatic rings. The van der Waals surface area contributed by atoms with Crippen LogP contribution in [0.3, 0.4) is 0 Å². The molecule has 4 heteroatoms. The average molecular weight is 193 g/mol. The van der Waals surface area contributed by atoms with Crippen LogP contribution in [0.15, 0.2) is 11.8 Å². The highest BCUT2D eigenvalue weighted by Gasteiger charge is 2.28. The van der Waals surface area contributed by atoms with Crippen LogP contribution in [0.4, 0.5) is 0 Å². The Hall–Kier alpha value is -1.34. The minimum atomic E-state index is -0.213. The van der Waals surface area contributed by atoms with Crippen LogP contribution in [0.25, 0.3) is 0 Å². The third-order valence-electron chi connectivity index (χ3n) is 2.38. The summed E-state index contributed by atoms with van der Waals surface area (Å²) in [4.78, 5) is 11.6. The first-order valence-corrected chi connectivity index (χ1v) is 4.74. The lowest BCUT2D eigenvalue weighted by Crippen LogP contribution is -2.39. The number of nitrogens with one attached hydrogen (secondary N) is 2. The molecule has 1 saturated heterocycles. The number of hydrogen-bond acceptors (Lipinski definition) is 3. The molecule has 0 aliphatic carbocycles. The molecule has 0 saturated carbocycles. The third kappa shape index (κ3) is 2.57. The van der Waals surface area contributed by atoms with Gasteiger partial charge in [-0.05, 0) is 20.3 Å². The number of allylic oxidation sites excluding steroid dienone is 2.